The van der Waals surface area contributed by atoms with Crippen molar-refractivity contribution >= 4 is 45.2 Å². The largest absolute Gasteiger partial charge is 0.207 e. The van der Waals surface area contributed by atoms with E-state index in [4.69, 9.17) is 0 Å². The summed E-state index contributed by atoms with van der Waals surface area (Å²) < 4.78 is 13.9. The third-order valence-corrected chi connectivity index (χ3v) is 3.71. The van der Waals surface area contributed by atoms with Gasteiger partial charge in [-0.25, -0.2) is 4.39 Å². The molecular formula is C7H7FI2. The van der Waals surface area contributed by atoms with Crippen LogP contribution in [0.1, 0.15) is 0 Å². The molecule has 0 saturated carbocycles. The highest BCUT2D eigenvalue weighted by Crippen LogP contribution is 2.25. The second-order valence-electron chi connectivity index (χ2n) is 2.17. The van der Waals surface area contributed by atoms with Gasteiger partial charge in [-0.3, -0.25) is 0 Å². The third-order valence-electron chi connectivity index (χ3n) is 1.41. The van der Waals surface area contributed by atoms with E-state index in [2.05, 4.69) is 45.2 Å². The maximum Gasteiger partial charge on any atom is 0.119 e. The highest BCUT2D eigenvalue weighted by molar-refractivity contribution is 14.1. The van der Waals surface area contributed by atoms with Gasteiger partial charge in [0.05, 0.1) is 0 Å². The minimum absolute atomic E-state index is 0.0968. The van der Waals surface area contributed by atoms with E-state index in [9.17, 15) is 4.39 Å². The van der Waals surface area contributed by atoms with Gasteiger partial charge in [-0.2, -0.15) is 0 Å². The van der Waals surface area contributed by atoms with Crippen LogP contribution in [0.5, 0.6) is 0 Å². The number of halogens is 3. The molecule has 0 nitrogen and oxygen atoms in total. The van der Waals surface area contributed by atoms with Gasteiger partial charge < -0.3 is 0 Å². The van der Waals surface area contributed by atoms with Crippen molar-refractivity contribution in [3.8, 4) is 0 Å². The third kappa shape index (κ3) is 2.18. The molecule has 1 rings (SSSR count). The Labute approximate surface area is 87.2 Å². The van der Waals surface area contributed by atoms with Crippen LogP contribution in [0.4, 0.5) is 4.39 Å². The van der Waals surface area contributed by atoms with Crippen molar-refractivity contribution in [1.82, 2.24) is 0 Å². The van der Waals surface area contributed by atoms with E-state index in [0.29, 0.717) is 9.84 Å². The van der Waals surface area contributed by atoms with Gasteiger partial charge in [-0.15, -0.1) is 0 Å². The zero-order chi connectivity index (χ0) is 7.56. The Balaban J connectivity index is 2.64. The van der Waals surface area contributed by atoms with Gasteiger partial charge in [0.15, 0.2) is 0 Å². The zero-order valence-corrected chi connectivity index (χ0v) is 9.54. The molecule has 0 heterocycles. The number of rotatable bonds is 1. The second-order valence-corrected chi connectivity index (χ2v) is 4.49. The molecule has 0 spiro atoms. The highest BCUT2D eigenvalue weighted by Gasteiger charge is 2.16. The van der Waals surface area contributed by atoms with Crippen molar-refractivity contribution in [1.29, 1.82) is 0 Å². The maximum absolute atomic E-state index is 12.5. The number of hydrogen-bond acceptors (Lipinski definition) is 0. The van der Waals surface area contributed by atoms with E-state index < -0.39 is 0 Å². The summed E-state index contributed by atoms with van der Waals surface area (Å²) in [5.41, 5.74) is 0. The molecule has 0 aromatic rings. The molecule has 2 atom stereocenters. The molecule has 2 unspecified atom stereocenters. The Bertz CT molecular complexity index is 174. The molecule has 3 heteroatoms. The van der Waals surface area contributed by atoms with Crippen LogP contribution >= 0.6 is 45.2 Å². The molecule has 0 radical (unpaired) electrons. The van der Waals surface area contributed by atoms with Gasteiger partial charge in [0.25, 0.3) is 0 Å². The fourth-order valence-corrected chi connectivity index (χ4v) is 3.44. The fraction of sp³-hybridized carbons (Fsp3) is 0.429. The lowest BCUT2D eigenvalue weighted by Crippen LogP contribution is -2.13. The highest BCUT2D eigenvalue weighted by atomic mass is 127. The lowest BCUT2D eigenvalue weighted by molar-refractivity contribution is 0.638. The molecule has 0 N–H and O–H groups in total. The van der Waals surface area contributed by atoms with E-state index >= 15 is 0 Å². The van der Waals surface area contributed by atoms with Gasteiger partial charge in [-0.05, 0) is 12.2 Å². The Morgan fingerprint density at radius 3 is 2.80 bits per heavy atom. The number of hydrogen-bond donors (Lipinski definition) is 0. The number of allylic oxidation sites excluding steroid dienone is 4. The van der Waals surface area contributed by atoms with Crippen molar-refractivity contribution in [3.05, 3.63) is 24.1 Å². The molecule has 1 aliphatic carbocycles. The van der Waals surface area contributed by atoms with E-state index in [1.807, 2.05) is 6.08 Å². The van der Waals surface area contributed by atoms with Gasteiger partial charge in [0, 0.05) is 14.3 Å². The SMILES string of the molecule is FC1=CC(I)C(CI)C=C1. The van der Waals surface area contributed by atoms with Gasteiger partial charge >= 0.3 is 0 Å². The van der Waals surface area contributed by atoms with Crippen molar-refractivity contribution in [2.45, 2.75) is 3.92 Å². The molecule has 0 saturated heterocycles. The average Bonchev–Trinajstić information content (AvgIpc) is 1.88. The summed E-state index contributed by atoms with van der Waals surface area (Å²) in [6.45, 7) is 0. The molecule has 56 valence electrons. The normalized spacial score (nSPS) is 32.1. The molecular weight excluding hydrogens is 357 g/mol. The summed E-state index contributed by atoms with van der Waals surface area (Å²) >= 11 is 4.58. The van der Waals surface area contributed by atoms with Crippen molar-refractivity contribution in [3.63, 3.8) is 0 Å². The van der Waals surface area contributed by atoms with Crippen LogP contribution < -0.4 is 0 Å². The quantitative estimate of drug-likeness (QED) is 0.495. The van der Waals surface area contributed by atoms with Gasteiger partial charge in [0.1, 0.15) is 5.83 Å². The first-order valence-corrected chi connectivity index (χ1v) is 5.76. The summed E-state index contributed by atoms with van der Waals surface area (Å²) in [5, 5.41) is 0. The van der Waals surface area contributed by atoms with Gasteiger partial charge in [-0.1, -0.05) is 51.3 Å². The summed E-state index contributed by atoms with van der Waals surface area (Å²) in [7, 11) is 0. The minimum Gasteiger partial charge on any atom is -0.207 e. The van der Waals surface area contributed by atoms with Crippen molar-refractivity contribution in [2.75, 3.05) is 4.43 Å². The Morgan fingerprint density at radius 2 is 2.30 bits per heavy atom. The average molecular weight is 364 g/mol. The summed E-state index contributed by atoms with van der Waals surface area (Å²) in [4.78, 5) is 0. The molecule has 0 aromatic heterocycles. The maximum atomic E-state index is 12.5. The number of alkyl halides is 2. The molecule has 0 aromatic carbocycles. The molecule has 0 aliphatic heterocycles. The lowest BCUT2D eigenvalue weighted by Gasteiger charge is -2.16. The fourth-order valence-electron chi connectivity index (χ4n) is 0.789. The Morgan fingerprint density at radius 1 is 1.60 bits per heavy atom. The van der Waals surface area contributed by atoms with E-state index in [0.717, 1.165) is 4.43 Å². The molecule has 0 amide bonds. The predicted molar refractivity (Wildman–Crippen MR) is 58.5 cm³/mol. The van der Waals surface area contributed by atoms with Crippen LogP contribution in [0, 0.1) is 5.92 Å². The molecule has 0 fully saturated rings. The zero-order valence-electron chi connectivity index (χ0n) is 5.23. The first kappa shape index (κ1) is 8.96. The summed E-state index contributed by atoms with van der Waals surface area (Å²) in [6, 6.07) is 0. The van der Waals surface area contributed by atoms with Crippen molar-refractivity contribution < 1.29 is 4.39 Å². The van der Waals surface area contributed by atoms with Crippen LogP contribution in [0.25, 0.3) is 0 Å². The summed E-state index contributed by atoms with van der Waals surface area (Å²) in [5.74, 6) is 0.418. The van der Waals surface area contributed by atoms with Crippen LogP contribution in [0.2, 0.25) is 0 Å². The summed E-state index contributed by atoms with van der Waals surface area (Å²) in [6.07, 6.45) is 5.17. The van der Waals surface area contributed by atoms with E-state index in [1.54, 1.807) is 12.2 Å². The minimum atomic E-state index is -0.0968. The van der Waals surface area contributed by atoms with Crippen LogP contribution in [-0.4, -0.2) is 8.35 Å². The van der Waals surface area contributed by atoms with Crippen molar-refractivity contribution in [2.24, 2.45) is 5.92 Å². The lowest BCUT2D eigenvalue weighted by atomic mass is 10.0. The smallest absolute Gasteiger partial charge is 0.119 e. The van der Waals surface area contributed by atoms with Crippen LogP contribution in [0.3, 0.4) is 0 Å². The topological polar surface area (TPSA) is 0 Å². The molecule has 10 heavy (non-hydrogen) atoms. The monoisotopic (exact) mass is 364 g/mol. The first-order valence-electron chi connectivity index (χ1n) is 2.99. The first-order chi connectivity index (χ1) is 4.74. The van der Waals surface area contributed by atoms with E-state index in [1.165, 1.54) is 0 Å². The van der Waals surface area contributed by atoms with Gasteiger partial charge in [0.2, 0.25) is 0 Å². The van der Waals surface area contributed by atoms with Crippen LogP contribution in [-0.2, 0) is 0 Å². The van der Waals surface area contributed by atoms with E-state index in [-0.39, 0.29) is 5.83 Å². The second kappa shape index (κ2) is 4.04. The standard InChI is InChI=1S/C7H7FI2/c8-6-2-1-5(4-9)7(10)3-6/h1-3,5,7H,4H2. The molecule has 0 bridgehead atoms. The predicted octanol–water partition coefficient (Wildman–Crippen LogP) is 3.26. The molecule has 1 aliphatic rings. The Hall–Kier alpha value is 0.870. The van der Waals surface area contributed by atoms with Crippen LogP contribution in [0.15, 0.2) is 24.1 Å². The Kier molecular flexibility index (Phi) is 3.62.